The van der Waals surface area contributed by atoms with Gasteiger partial charge >= 0.3 is 0 Å². The molecule has 1 saturated heterocycles. The highest BCUT2D eigenvalue weighted by Crippen LogP contribution is 2.32. The SMILES string of the molecule is C#C[C@H]1[C@@H](N2C(=O)c3ccccc3C2=O)C(=O)N1CC=C. The summed E-state index contributed by atoms with van der Waals surface area (Å²) in [5.74, 6) is 1.22. The van der Waals surface area contributed by atoms with Crippen molar-refractivity contribution in [2.24, 2.45) is 0 Å². The minimum absolute atomic E-state index is 0.299. The number of terminal acetylenes is 1. The third-order valence-corrected chi connectivity index (χ3v) is 3.77. The van der Waals surface area contributed by atoms with Gasteiger partial charge in [0.15, 0.2) is 6.04 Å². The lowest BCUT2D eigenvalue weighted by atomic mass is 9.94. The number of nitrogens with zero attached hydrogens (tertiary/aromatic N) is 2. The van der Waals surface area contributed by atoms with E-state index in [1.807, 2.05) is 0 Å². The van der Waals surface area contributed by atoms with Crippen molar-refractivity contribution >= 4 is 17.7 Å². The quantitative estimate of drug-likeness (QED) is 0.354. The summed E-state index contributed by atoms with van der Waals surface area (Å²) in [6.07, 6.45) is 7.00. The van der Waals surface area contributed by atoms with Gasteiger partial charge in [0.05, 0.1) is 11.1 Å². The van der Waals surface area contributed by atoms with E-state index >= 15 is 0 Å². The van der Waals surface area contributed by atoms with E-state index in [-0.39, 0.29) is 5.91 Å². The van der Waals surface area contributed by atoms with Crippen LogP contribution in [0.1, 0.15) is 20.7 Å². The van der Waals surface area contributed by atoms with Crippen molar-refractivity contribution in [2.75, 3.05) is 6.54 Å². The number of benzene rings is 1. The monoisotopic (exact) mass is 280 g/mol. The summed E-state index contributed by atoms with van der Waals surface area (Å²) >= 11 is 0. The predicted molar refractivity (Wildman–Crippen MR) is 75.3 cm³/mol. The largest absolute Gasteiger partial charge is 0.321 e. The molecule has 104 valence electrons. The maximum Gasteiger partial charge on any atom is 0.262 e. The standard InChI is InChI=1S/C16H12N2O3/c1-3-9-17-12(4-2)13(16(17)21)18-14(19)10-7-5-6-8-11(10)15(18)20/h2-3,5-8,12-13H,1,9H2/t12-,13+/m0/s1. The Balaban J connectivity index is 1.95. The number of β-lactam (4-membered cyclic amide) rings is 1. The molecule has 1 aromatic rings. The summed E-state index contributed by atoms with van der Waals surface area (Å²) in [6.45, 7) is 3.86. The average Bonchev–Trinajstić information content (AvgIpc) is 2.75. The first-order valence-corrected chi connectivity index (χ1v) is 6.46. The van der Waals surface area contributed by atoms with E-state index in [0.29, 0.717) is 17.7 Å². The molecule has 5 nitrogen and oxygen atoms in total. The van der Waals surface area contributed by atoms with E-state index in [1.54, 1.807) is 30.3 Å². The van der Waals surface area contributed by atoms with Gasteiger partial charge in [-0.25, -0.2) is 0 Å². The van der Waals surface area contributed by atoms with Gasteiger partial charge in [-0.05, 0) is 12.1 Å². The molecule has 0 aliphatic carbocycles. The first-order valence-electron chi connectivity index (χ1n) is 6.46. The molecular formula is C16H12N2O3. The molecule has 2 aliphatic heterocycles. The highest BCUT2D eigenvalue weighted by molar-refractivity contribution is 6.23. The Morgan fingerprint density at radius 3 is 2.24 bits per heavy atom. The number of rotatable bonds is 3. The summed E-state index contributed by atoms with van der Waals surface area (Å²) in [6, 6.07) is 4.99. The Kier molecular flexibility index (Phi) is 2.88. The second-order valence-electron chi connectivity index (χ2n) is 4.86. The zero-order valence-corrected chi connectivity index (χ0v) is 11.2. The summed E-state index contributed by atoms with van der Waals surface area (Å²) < 4.78 is 0. The smallest absolute Gasteiger partial charge is 0.262 e. The van der Waals surface area contributed by atoms with Crippen molar-refractivity contribution in [1.82, 2.24) is 9.80 Å². The van der Waals surface area contributed by atoms with E-state index in [1.165, 1.54) is 4.90 Å². The van der Waals surface area contributed by atoms with Crippen LogP contribution < -0.4 is 0 Å². The van der Waals surface area contributed by atoms with Crippen LogP contribution in [0, 0.1) is 12.3 Å². The van der Waals surface area contributed by atoms with Crippen LogP contribution in [-0.2, 0) is 4.79 Å². The van der Waals surface area contributed by atoms with Crippen molar-refractivity contribution in [3.05, 3.63) is 48.0 Å². The Morgan fingerprint density at radius 2 is 1.76 bits per heavy atom. The summed E-state index contributed by atoms with van der Waals surface area (Å²) in [5.41, 5.74) is 0.626. The number of hydrogen-bond acceptors (Lipinski definition) is 3. The zero-order chi connectivity index (χ0) is 15.1. The van der Waals surface area contributed by atoms with Crippen LogP contribution in [0.3, 0.4) is 0 Å². The molecule has 0 unspecified atom stereocenters. The van der Waals surface area contributed by atoms with Crippen molar-refractivity contribution in [2.45, 2.75) is 12.1 Å². The van der Waals surface area contributed by atoms with Crippen LogP contribution in [0.2, 0.25) is 0 Å². The van der Waals surface area contributed by atoms with Crippen LogP contribution in [-0.4, -0.2) is 46.1 Å². The van der Waals surface area contributed by atoms with E-state index in [0.717, 1.165) is 4.90 Å². The lowest BCUT2D eigenvalue weighted by Crippen LogP contribution is -2.71. The lowest BCUT2D eigenvalue weighted by Gasteiger charge is -2.46. The minimum atomic E-state index is -0.914. The van der Waals surface area contributed by atoms with Crippen LogP contribution >= 0.6 is 0 Å². The molecule has 5 heteroatoms. The molecule has 2 atom stereocenters. The normalized spacial score (nSPS) is 23.7. The van der Waals surface area contributed by atoms with Gasteiger partial charge in [-0.2, -0.15) is 0 Å². The third-order valence-electron chi connectivity index (χ3n) is 3.77. The maximum absolute atomic E-state index is 12.4. The Hall–Kier alpha value is -2.87. The molecule has 0 radical (unpaired) electrons. The zero-order valence-electron chi connectivity index (χ0n) is 11.2. The topological polar surface area (TPSA) is 57.7 Å². The highest BCUT2D eigenvalue weighted by atomic mass is 16.2. The molecule has 0 N–H and O–H groups in total. The highest BCUT2D eigenvalue weighted by Gasteiger charge is 2.55. The maximum atomic E-state index is 12.4. The molecule has 2 aliphatic rings. The van der Waals surface area contributed by atoms with Crippen LogP contribution in [0.15, 0.2) is 36.9 Å². The van der Waals surface area contributed by atoms with Gasteiger partial charge in [0.25, 0.3) is 11.8 Å². The van der Waals surface area contributed by atoms with Gasteiger partial charge in [0, 0.05) is 6.54 Å². The Bertz CT molecular complexity index is 681. The fourth-order valence-electron chi connectivity index (χ4n) is 2.77. The van der Waals surface area contributed by atoms with Crippen molar-refractivity contribution in [3.8, 4) is 12.3 Å². The van der Waals surface area contributed by atoms with E-state index in [9.17, 15) is 14.4 Å². The van der Waals surface area contributed by atoms with E-state index in [2.05, 4.69) is 12.5 Å². The minimum Gasteiger partial charge on any atom is -0.321 e. The summed E-state index contributed by atoms with van der Waals surface area (Å²) in [5, 5.41) is 0. The van der Waals surface area contributed by atoms with Crippen molar-refractivity contribution in [1.29, 1.82) is 0 Å². The van der Waals surface area contributed by atoms with Crippen LogP contribution in [0.5, 0.6) is 0 Å². The molecule has 1 aromatic carbocycles. The number of likely N-dealkylation sites (tertiary alicyclic amines) is 1. The van der Waals surface area contributed by atoms with Gasteiger partial charge in [0.1, 0.15) is 6.04 Å². The molecule has 21 heavy (non-hydrogen) atoms. The Morgan fingerprint density at radius 1 is 1.19 bits per heavy atom. The third kappa shape index (κ3) is 1.62. The molecule has 3 amide bonds. The van der Waals surface area contributed by atoms with Crippen molar-refractivity contribution in [3.63, 3.8) is 0 Å². The van der Waals surface area contributed by atoms with Gasteiger partial charge in [-0.3, -0.25) is 19.3 Å². The second kappa shape index (κ2) is 4.60. The van der Waals surface area contributed by atoms with Crippen molar-refractivity contribution < 1.29 is 14.4 Å². The van der Waals surface area contributed by atoms with Gasteiger partial charge in [-0.15, -0.1) is 13.0 Å². The molecule has 0 saturated carbocycles. The average molecular weight is 280 g/mol. The number of hydrogen-bond donors (Lipinski definition) is 0. The first-order chi connectivity index (χ1) is 10.1. The fraction of sp³-hybridized carbons (Fsp3) is 0.188. The summed E-state index contributed by atoms with van der Waals surface area (Å²) in [7, 11) is 0. The number of imide groups is 1. The number of fused-ring (bicyclic) bond motifs is 1. The molecule has 0 spiro atoms. The predicted octanol–water partition coefficient (Wildman–Crippen LogP) is 0.681. The van der Waals surface area contributed by atoms with Gasteiger partial charge < -0.3 is 4.90 Å². The fourth-order valence-corrected chi connectivity index (χ4v) is 2.77. The second-order valence-corrected chi connectivity index (χ2v) is 4.86. The van der Waals surface area contributed by atoms with Gasteiger partial charge in [-0.1, -0.05) is 24.1 Å². The van der Waals surface area contributed by atoms with E-state index < -0.39 is 23.9 Å². The lowest BCUT2D eigenvalue weighted by molar-refractivity contribution is -0.150. The first kappa shape index (κ1) is 13.1. The summed E-state index contributed by atoms with van der Waals surface area (Å²) in [4.78, 5) is 39.3. The Labute approximate surface area is 121 Å². The molecular weight excluding hydrogens is 268 g/mol. The molecule has 0 bridgehead atoms. The number of amides is 3. The molecule has 2 heterocycles. The molecule has 1 fully saturated rings. The van der Waals surface area contributed by atoms with Gasteiger partial charge in [0.2, 0.25) is 5.91 Å². The van der Waals surface area contributed by atoms with Crippen LogP contribution in [0.25, 0.3) is 0 Å². The number of carbonyl (C=O) groups excluding carboxylic acids is 3. The number of carbonyl (C=O) groups is 3. The van der Waals surface area contributed by atoms with E-state index in [4.69, 9.17) is 6.42 Å². The molecule has 0 aromatic heterocycles. The van der Waals surface area contributed by atoms with Crippen LogP contribution in [0.4, 0.5) is 0 Å². The molecule has 3 rings (SSSR count).